The predicted octanol–water partition coefficient (Wildman–Crippen LogP) is 1.85. The molecule has 100 valence electrons. The number of likely N-dealkylation sites (N-methyl/N-ethyl adjacent to an activating group) is 1. The van der Waals surface area contributed by atoms with Crippen molar-refractivity contribution in [3.63, 3.8) is 0 Å². The van der Waals surface area contributed by atoms with E-state index in [1.807, 2.05) is 38.1 Å². The number of hydrogen-bond acceptors (Lipinski definition) is 3. The Kier molecular flexibility index (Phi) is 4.47. The first-order valence-corrected chi connectivity index (χ1v) is 6.55. The molecular weight excluding hydrogens is 238 g/mol. The maximum absolute atomic E-state index is 11.6. The van der Waals surface area contributed by atoms with Crippen molar-refractivity contribution in [2.24, 2.45) is 0 Å². The molecule has 0 bridgehead atoms. The summed E-state index contributed by atoms with van der Waals surface area (Å²) in [6, 6.07) is 9.91. The van der Waals surface area contributed by atoms with Gasteiger partial charge in [-0.2, -0.15) is 0 Å². The summed E-state index contributed by atoms with van der Waals surface area (Å²) in [7, 11) is 0. The van der Waals surface area contributed by atoms with E-state index in [1.165, 1.54) is 0 Å². The van der Waals surface area contributed by atoms with E-state index in [2.05, 4.69) is 21.7 Å². The van der Waals surface area contributed by atoms with E-state index < -0.39 is 0 Å². The molecule has 2 aromatic rings. The van der Waals surface area contributed by atoms with E-state index in [0.717, 1.165) is 16.5 Å². The Morgan fingerprint density at radius 3 is 3.00 bits per heavy atom. The second kappa shape index (κ2) is 6.29. The van der Waals surface area contributed by atoms with Gasteiger partial charge in [-0.15, -0.1) is 0 Å². The SMILES string of the molecule is CCNC(=O)C(C)NCc1ccc2ncccc2c1. The Morgan fingerprint density at radius 1 is 1.37 bits per heavy atom. The van der Waals surface area contributed by atoms with Crippen molar-refractivity contribution in [3.05, 3.63) is 42.1 Å². The zero-order valence-corrected chi connectivity index (χ0v) is 11.3. The van der Waals surface area contributed by atoms with Crippen LogP contribution in [0.25, 0.3) is 10.9 Å². The van der Waals surface area contributed by atoms with Crippen LogP contribution in [-0.4, -0.2) is 23.5 Å². The highest BCUT2D eigenvalue weighted by Gasteiger charge is 2.10. The van der Waals surface area contributed by atoms with Gasteiger partial charge in [0.25, 0.3) is 0 Å². The Labute approximate surface area is 113 Å². The van der Waals surface area contributed by atoms with E-state index in [9.17, 15) is 4.79 Å². The molecule has 0 aliphatic heterocycles. The number of nitrogens with zero attached hydrogens (tertiary/aromatic N) is 1. The first-order chi connectivity index (χ1) is 9.20. The minimum atomic E-state index is -0.190. The van der Waals surface area contributed by atoms with Crippen molar-refractivity contribution < 1.29 is 4.79 Å². The number of amides is 1. The van der Waals surface area contributed by atoms with Crippen LogP contribution in [0.5, 0.6) is 0 Å². The third-order valence-corrected chi connectivity index (χ3v) is 3.02. The second-order valence-electron chi connectivity index (χ2n) is 4.53. The number of carbonyl (C=O) groups excluding carboxylic acids is 1. The minimum absolute atomic E-state index is 0.0324. The van der Waals surface area contributed by atoms with Gasteiger partial charge in [0.2, 0.25) is 5.91 Å². The molecule has 0 fully saturated rings. The molecule has 1 aromatic carbocycles. The summed E-state index contributed by atoms with van der Waals surface area (Å²) in [5, 5.41) is 7.13. The van der Waals surface area contributed by atoms with Crippen LogP contribution in [-0.2, 0) is 11.3 Å². The number of nitrogens with one attached hydrogen (secondary N) is 2. The van der Waals surface area contributed by atoms with Crippen LogP contribution >= 0.6 is 0 Å². The molecule has 4 heteroatoms. The van der Waals surface area contributed by atoms with Crippen LogP contribution in [0.4, 0.5) is 0 Å². The number of aromatic nitrogens is 1. The van der Waals surface area contributed by atoms with Gasteiger partial charge >= 0.3 is 0 Å². The van der Waals surface area contributed by atoms with Gasteiger partial charge in [0.15, 0.2) is 0 Å². The van der Waals surface area contributed by atoms with Gasteiger partial charge in [-0.1, -0.05) is 12.1 Å². The summed E-state index contributed by atoms with van der Waals surface area (Å²) < 4.78 is 0. The van der Waals surface area contributed by atoms with Crippen LogP contribution < -0.4 is 10.6 Å². The largest absolute Gasteiger partial charge is 0.355 e. The molecule has 1 heterocycles. The van der Waals surface area contributed by atoms with Gasteiger partial charge in [0.1, 0.15) is 0 Å². The third-order valence-electron chi connectivity index (χ3n) is 3.02. The van der Waals surface area contributed by atoms with E-state index in [1.54, 1.807) is 6.20 Å². The van der Waals surface area contributed by atoms with E-state index in [-0.39, 0.29) is 11.9 Å². The van der Waals surface area contributed by atoms with Crippen molar-refractivity contribution in [2.45, 2.75) is 26.4 Å². The Balaban J connectivity index is 1.99. The molecule has 2 rings (SSSR count). The van der Waals surface area contributed by atoms with Gasteiger partial charge in [-0.05, 0) is 37.6 Å². The lowest BCUT2D eigenvalue weighted by Crippen LogP contribution is -2.41. The number of benzene rings is 1. The van der Waals surface area contributed by atoms with Crippen LogP contribution in [0.15, 0.2) is 36.5 Å². The zero-order valence-electron chi connectivity index (χ0n) is 11.3. The third kappa shape index (κ3) is 3.51. The summed E-state index contributed by atoms with van der Waals surface area (Å²) in [5.74, 6) is 0.0324. The van der Waals surface area contributed by atoms with Crippen LogP contribution in [0.1, 0.15) is 19.4 Å². The number of pyridine rings is 1. The highest BCUT2D eigenvalue weighted by molar-refractivity contribution is 5.81. The summed E-state index contributed by atoms with van der Waals surface area (Å²) in [6.45, 7) is 5.12. The van der Waals surface area contributed by atoms with Crippen LogP contribution in [0, 0.1) is 0 Å². The first kappa shape index (κ1) is 13.5. The zero-order chi connectivity index (χ0) is 13.7. The van der Waals surface area contributed by atoms with Crippen molar-refractivity contribution >= 4 is 16.8 Å². The van der Waals surface area contributed by atoms with E-state index >= 15 is 0 Å². The van der Waals surface area contributed by atoms with Crippen molar-refractivity contribution in [1.82, 2.24) is 15.6 Å². The molecule has 1 unspecified atom stereocenters. The van der Waals surface area contributed by atoms with Gasteiger partial charge in [0.05, 0.1) is 11.6 Å². The lowest BCUT2D eigenvalue weighted by molar-refractivity contribution is -0.122. The Morgan fingerprint density at radius 2 is 2.21 bits per heavy atom. The number of carbonyl (C=O) groups is 1. The number of hydrogen-bond donors (Lipinski definition) is 2. The smallest absolute Gasteiger partial charge is 0.236 e. The molecule has 0 saturated heterocycles. The Bertz CT molecular complexity index is 568. The molecule has 0 aliphatic carbocycles. The van der Waals surface area contributed by atoms with Crippen molar-refractivity contribution in [3.8, 4) is 0 Å². The highest BCUT2D eigenvalue weighted by Crippen LogP contribution is 2.13. The fourth-order valence-electron chi connectivity index (χ4n) is 1.93. The maximum Gasteiger partial charge on any atom is 0.236 e. The summed E-state index contributed by atoms with van der Waals surface area (Å²) in [4.78, 5) is 15.9. The lowest BCUT2D eigenvalue weighted by Gasteiger charge is -2.13. The standard InChI is InChI=1S/C15H19N3O/c1-3-16-15(19)11(2)18-10-12-6-7-14-13(9-12)5-4-8-17-14/h4-9,11,18H,3,10H2,1-2H3,(H,16,19). The topological polar surface area (TPSA) is 54.0 Å². The average Bonchev–Trinajstić information content (AvgIpc) is 2.44. The molecular formula is C15H19N3O. The average molecular weight is 257 g/mol. The summed E-state index contributed by atoms with van der Waals surface area (Å²) in [5.41, 5.74) is 2.14. The predicted molar refractivity (Wildman–Crippen MR) is 76.7 cm³/mol. The molecule has 1 aromatic heterocycles. The van der Waals surface area contributed by atoms with Crippen molar-refractivity contribution in [2.75, 3.05) is 6.54 Å². The lowest BCUT2D eigenvalue weighted by atomic mass is 10.1. The first-order valence-electron chi connectivity index (χ1n) is 6.55. The Hall–Kier alpha value is -1.94. The van der Waals surface area contributed by atoms with Gasteiger partial charge in [0, 0.05) is 24.7 Å². The molecule has 4 nitrogen and oxygen atoms in total. The van der Waals surface area contributed by atoms with Gasteiger partial charge in [-0.3, -0.25) is 9.78 Å². The maximum atomic E-state index is 11.6. The molecule has 0 radical (unpaired) electrons. The van der Waals surface area contributed by atoms with Crippen molar-refractivity contribution in [1.29, 1.82) is 0 Å². The fraction of sp³-hybridized carbons (Fsp3) is 0.333. The van der Waals surface area contributed by atoms with E-state index in [4.69, 9.17) is 0 Å². The molecule has 0 spiro atoms. The molecule has 0 saturated carbocycles. The number of rotatable bonds is 5. The molecule has 19 heavy (non-hydrogen) atoms. The van der Waals surface area contributed by atoms with Crippen LogP contribution in [0.3, 0.4) is 0 Å². The van der Waals surface area contributed by atoms with Gasteiger partial charge in [-0.25, -0.2) is 0 Å². The fourth-order valence-corrected chi connectivity index (χ4v) is 1.93. The molecule has 1 amide bonds. The normalized spacial score (nSPS) is 12.3. The molecule has 2 N–H and O–H groups in total. The number of fused-ring (bicyclic) bond motifs is 1. The highest BCUT2D eigenvalue weighted by atomic mass is 16.2. The minimum Gasteiger partial charge on any atom is -0.355 e. The van der Waals surface area contributed by atoms with Crippen LogP contribution in [0.2, 0.25) is 0 Å². The second-order valence-corrected chi connectivity index (χ2v) is 4.53. The quantitative estimate of drug-likeness (QED) is 0.859. The molecule has 1 atom stereocenters. The van der Waals surface area contributed by atoms with Gasteiger partial charge < -0.3 is 10.6 Å². The van der Waals surface area contributed by atoms with E-state index in [0.29, 0.717) is 13.1 Å². The summed E-state index contributed by atoms with van der Waals surface area (Å²) >= 11 is 0. The monoisotopic (exact) mass is 257 g/mol. The molecule has 0 aliphatic rings. The summed E-state index contributed by atoms with van der Waals surface area (Å²) in [6.07, 6.45) is 1.79.